The monoisotopic (exact) mass is 346 g/mol. The third-order valence-electron chi connectivity index (χ3n) is 2.28. The first-order chi connectivity index (χ1) is 8.82. The molecule has 0 heterocycles. The fourth-order valence-electron chi connectivity index (χ4n) is 0.238. The van der Waals surface area contributed by atoms with Gasteiger partial charge in [-0.1, -0.05) is 13.8 Å². The molecule has 128 valence electrons. The molecule has 0 radical (unpaired) electrons. The van der Waals surface area contributed by atoms with E-state index in [1.807, 2.05) is 13.8 Å². The highest BCUT2D eigenvalue weighted by Gasteiger charge is 2.51. The second kappa shape index (κ2) is 6.81. The molecule has 0 bridgehead atoms. The van der Waals surface area contributed by atoms with E-state index in [1.54, 1.807) is 0 Å². The Morgan fingerprint density at radius 1 is 1.05 bits per heavy atom. The smallest absolute Gasteiger partial charge is 0.325 e. The summed E-state index contributed by atoms with van der Waals surface area (Å²) in [5.74, 6) is -2.62. The van der Waals surface area contributed by atoms with E-state index in [2.05, 4.69) is 13.8 Å². The Morgan fingerprint density at radius 3 is 1.48 bits per heavy atom. The summed E-state index contributed by atoms with van der Waals surface area (Å²) in [6.07, 6.45) is -5.70. The Bertz CT molecular complexity index is 448. The van der Waals surface area contributed by atoms with E-state index in [9.17, 15) is 39.6 Å². The molecule has 0 aliphatic heterocycles. The molecule has 12 heteroatoms. The van der Waals surface area contributed by atoms with Crippen molar-refractivity contribution < 1.29 is 39.6 Å². The molecule has 0 aromatic heterocycles. The molecule has 0 rings (SSSR count). The largest absolute Gasteiger partial charge is 0.516 e. The van der Waals surface area contributed by atoms with E-state index < -0.39 is 27.6 Å². The van der Waals surface area contributed by atoms with Crippen LogP contribution in [0.25, 0.3) is 0 Å². The number of nitrogens with two attached hydrogens (primary N) is 1. The van der Waals surface area contributed by atoms with Crippen LogP contribution in [0.2, 0.25) is 0 Å². The van der Waals surface area contributed by atoms with Crippen molar-refractivity contribution in [3.05, 3.63) is 0 Å². The quantitative estimate of drug-likeness (QED) is 0.748. The molecule has 0 fully saturated rings. The van der Waals surface area contributed by atoms with Crippen LogP contribution < -0.4 is 10.5 Å². The molecule has 21 heavy (non-hydrogen) atoms. The number of halogens is 6. The second-order valence-corrected chi connectivity index (χ2v) is 6.53. The highest BCUT2D eigenvalue weighted by atomic mass is 32.2. The molecule has 0 aromatic rings. The lowest BCUT2D eigenvalue weighted by Gasteiger charge is -2.22. The summed E-state index contributed by atoms with van der Waals surface area (Å²) in [6, 6.07) is 0. The van der Waals surface area contributed by atoms with Gasteiger partial charge in [0.05, 0.1) is 0 Å². The van der Waals surface area contributed by atoms with E-state index >= 15 is 0 Å². The number of rotatable bonds is 2. The zero-order valence-electron chi connectivity index (χ0n) is 11.6. The van der Waals surface area contributed by atoms with Crippen molar-refractivity contribution in [3.8, 4) is 0 Å². The number of carbonyl (C=O) groups excluding carboxylic acids is 1. The summed E-state index contributed by atoms with van der Waals surface area (Å²) in [5.41, 5.74) is -0.286. The Kier molecular flexibility index (Phi) is 7.22. The standard InChI is InChI=1S/C6H15N.C3HF6NO3S/c1-5(2)6(3,4)7;4-2(5,6)1(11)10-14(12,13)3(7,8)9/h5H,7H2,1-4H3;(H,10,11). The summed E-state index contributed by atoms with van der Waals surface area (Å²) >= 11 is 0. The molecule has 1 amide bonds. The minimum Gasteiger partial charge on any atom is -0.325 e. The van der Waals surface area contributed by atoms with Crippen molar-refractivity contribution in [3.63, 3.8) is 0 Å². The fraction of sp³-hybridized carbons (Fsp3) is 0.889. The number of carbonyl (C=O) groups is 1. The lowest BCUT2D eigenvalue weighted by atomic mass is 9.92. The van der Waals surface area contributed by atoms with Crippen LogP contribution in [0.5, 0.6) is 0 Å². The van der Waals surface area contributed by atoms with Gasteiger partial charge in [0.1, 0.15) is 0 Å². The van der Waals surface area contributed by atoms with Gasteiger partial charge in [0.2, 0.25) is 0 Å². The van der Waals surface area contributed by atoms with Crippen molar-refractivity contribution in [2.75, 3.05) is 0 Å². The van der Waals surface area contributed by atoms with Gasteiger partial charge >= 0.3 is 27.6 Å². The first kappa shape index (κ1) is 22.2. The van der Waals surface area contributed by atoms with Crippen LogP contribution >= 0.6 is 0 Å². The number of sulfonamides is 1. The lowest BCUT2D eigenvalue weighted by Crippen LogP contribution is -2.46. The number of hydrogen-bond acceptors (Lipinski definition) is 4. The molecule has 0 spiro atoms. The maximum absolute atomic E-state index is 11.4. The van der Waals surface area contributed by atoms with Crippen molar-refractivity contribution in [1.82, 2.24) is 4.72 Å². The molecular weight excluding hydrogens is 330 g/mol. The first-order valence-electron chi connectivity index (χ1n) is 5.31. The van der Waals surface area contributed by atoms with Gasteiger partial charge in [0, 0.05) is 5.54 Å². The average Bonchev–Trinajstić information content (AvgIpc) is 2.12. The van der Waals surface area contributed by atoms with Gasteiger partial charge < -0.3 is 5.73 Å². The molecule has 5 nitrogen and oxygen atoms in total. The molecule has 0 saturated carbocycles. The van der Waals surface area contributed by atoms with Crippen LogP contribution in [0.15, 0.2) is 0 Å². The van der Waals surface area contributed by atoms with Crippen molar-refractivity contribution in [2.45, 2.75) is 44.9 Å². The van der Waals surface area contributed by atoms with Crippen molar-refractivity contribution >= 4 is 15.9 Å². The van der Waals surface area contributed by atoms with Crippen LogP contribution in [0, 0.1) is 5.92 Å². The third kappa shape index (κ3) is 8.75. The van der Waals surface area contributed by atoms with Crippen LogP contribution in [-0.2, 0) is 14.8 Å². The Labute approximate surface area is 117 Å². The Hall–Kier alpha value is -1.04. The molecule has 0 aromatic carbocycles. The molecule has 0 aliphatic rings. The minimum absolute atomic E-state index is 0. The molecule has 0 unspecified atom stereocenters. The summed E-state index contributed by atoms with van der Waals surface area (Å²) in [4.78, 5) is 9.81. The predicted octanol–water partition coefficient (Wildman–Crippen LogP) is 1.89. The molecule has 3 N–H and O–H groups in total. The summed E-state index contributed by atoms with van der Waals surface area (Å²) in [7, 11) is -6.30. The topological polar surface area (TPSA) is 89.3 Å². The van der Waals surface area contributed by atoms with Crippen LogP contribution in [0.1, 0.15) is 27.7 Å². The van der Waals surface area contributed by atoms with Gasteiger partial charge in [-0.05, 0) is 19.8 Å². The second-order valence-electron chi connectivity index (χ2n) is 4.85. The zero-order chi connectivity index (χ0) is 17.9. The van der Waals surface area contributed by atoms with E-state index in [4.69, 9.17) is 5.73 Å². The number of hydrogen-bond donors (Lipinski definition) is 2. The molecule has 0 atom stereocenters. The predicted molar refractivity (Wildman–Crippen MR) is 62.3 cm³/mol. The zero-order valence-corrected chi connectivity index (χ0v) is 12.4. The lowest BCUT2D eigenvalue weighted by molar-refractivity contribution is -0.171. The van der Waals surface area contributed by atoms with E-state index in [1.165, 1.54) is 0 Å². The van der Waals surface area contributed by atoms with Crippen molar-refractivity contribution in [2.24, 2.45) is 11.7 Å². The summed E-state index contributed by atoms with van der Waals surface area (Å²) < 4.78 is 87.9. The van der Waals surface area contributed by atoms with Gasteiger partial charge in [0.25, 0.3) is 0 Å². The maximum atomic E-state index is 11.4. The number of amides is 1. The van der Waals surface area contributed by atoms with E-state index in [0.717, 1.165) is 0 Å². The molecule has 0 aliphatic carbocycles. The first-order valence-corrected chi connectivity index (χ1v) is 6.79. The van der Waals surface area contributed by atoms with Gasteiger partial charge in [-0.3, -0.25) is 4.79 Å². The van der Waals surface area contributed by atoms with Gasteiger partial charge in [-0.2, -0.15) is 34.8 Å². The Balaban J connectivity index is 0. The molecule has 0 saturated heterocycles. The van der Waals surface area contributed by atoms with Crippen LogP contribution in [0.4, 0.5) is 26.3 Å². The number of alkyl halides is 6. The van der Waals surface area contributed by atoms with E-state index in [-0.39, 0.29) is 10.3 Å². The highest BCUT2D eigenvalue weighted by Crippen LogP contribution is 2.23. The van der Waals surface area contributed by atoms with Gasteiger partial charge in [-0.25, -0.2) is 4.72 Å². The van der Waals surface area contributed by atoms with Crippen molar-refractivity contribution in [1.29, 1.82) is 0 Å². The minimum atomic E-state index is -6.30. The maximum Gasteiger partial charge on any atom is 0.516 e. The highest BCUT2D eigenvalue weighted by molar-refractivity contribution is 7.90. The SMILES string of the molecule is CC(C)C(C)(C)N.O=C(NS(=O)(=O)C(F)(F)F)C(F)(F)F. The third-order valence-corrected chi connectivity index (χ3v) is 3.34. The van der Waals surface area contributed by atoms with E-state index in [0.29, 0.717) is 5.92 Å². The molecular formula is C9H16F6N2O3S. The van der Waals surface area contributed by atoms with Crippen LogP contribution in [0.3, 0.4) is 0 Å². The number of nitrogens with one attached hydrogen (secondary N) is 1. The van der Waals surface area contributed by atoms with Gasteiger partial charge in [0.15, 0.2) is 0 Å². The summed E-state index contributed by atoms with van der Waals surface area (Å²) in [6.45, 7) is 8.33. The van der Waals surface area contributed by atoms with Gasteiger partial charge in [-0.15, -0.1) is 0 Å². The average molecular weight is 346 g/mol. The normalized spacial score (nSPS) is 13.5. The Morgan fingerprint density at radius 2 is 1.33 bits per heavy atom. The summed E-state index contributed by atoms with van der Waals surface area (Å²) in [5, 5.41) is 0. The fourth-order valence-corrected chi connectivity index (χ4v) is 0.713. The van der Waals surface area contributed by atoms with Crippen LogP contribution in [-0.4, -0.2) is 31.5 Å².